The first-order chi connectivity index (χ1) is 13.1. The van der Waals surface area contributed by atoms with E-state index in [-0.39, 0.29) is 11.2 Å². The Morgan fingerprint density at radius 2 is 1.74 bits per heavy atom. The second kappa shape index (κ2) is 5.62. The number of hydrogen-bond donors (Lipinski definition) is 0. The summed E-state index contributed by atoms with van der Waals surface area (Å²) >= 11 is 0. The normalized spacial score (nSPS) is 12.3. The number of fused-ring (bicyclic) bond motifs is 5. The highest BCUT2D eigenvalue weighted by molar-refractivity contribution is 6.22. The maximum Gasteiger partial charge on any atom is 0.336 e. The van der Waals surface area contributed by atoms with E-state index in [0.29, 0.717) is 24.0 Å². The molecular weight excluding hydrogens is 340 g/mol. The number of benzene rings is 2. The first-order valence-electron chi connectivity index (χ1n) is 8.90. The van der Waals surface area contributed by atoms with E-state index in [2.05, 4.69) is 4.98 Å². The monoisotopic (exact) mass is 358 g/mol. The second-order valence-corrected chi connectivity index (χ2v) is 7.11. The van der Waals surface area contributed by atoms with Crippen molar-refractivity contribution in [1.82, 2.24) is 18.9 Å². The molecule has 0 N–H and O–H groups in total. The van der Waals surface area contributed by atoms with Gasteiger partial charge in [0.25, 0.3) is 5.56 Å². The lowest BCUT2D eigenvalue weighted by Crippen LogP contribution is -2.39. The number of pyridine rings is 1. The molecule has 0 aliphatic heterocycles. The van der Waals surface area contributed by atoms with E-state index in [1.807, 2.05) is 55.4 Å². The van der Waals surface area contributed by atoms with E-state index in [1.165, 1.54) is 4.57 Å². The summed E-state index contributed by atoms with van der Waals surface area (Å²) < 4.78 is 3.03. The van der Waals surface area contributed by atoms with E-state index >= 15 is 0 Å². The van der Waals surface area contributed by atoms with Crippen molar-refractivity contribution < 1.29 is 0 Å². The van der Waals surface area contributed by atoms with Crippen LogP contribution in [0.2, 0.25) is 0 Å². The fourth-order valence-electron chi connectivity index (χ4n) is 3.94. The van der Waals surface area contributed by atoms with Crippen LogP contribution in [0.1, 0.15) is 0 Å². The van der Waals surface area contributed by atoms with Gasteiger partial charge in [-0.25, -0.2) is 4.79 Å². The molecule has 0 amide bonds. The minimum atomic E-state index is -0.288. The summed E-state index contributed by atoms with van der Waals surface area (Å²) in [4.78, 5) is 32.7. The molecule has 5 aromatic rings. The van der Waals surface area contributed by atoms with Crippen LogP contribution in [0, 0.1) is 0 Å². The predicted octanol–water partition coefficient (Wildman–Crippen LogP) is 2.32. The summed E-state index contributed by atoms with van der Waals surface area (Å²) in [5, 5.41) is 3.43. The van der Waals surface area contributed by atoms with Crippen LogP contribution in [0.5, 0.6) is 0 Å². The molecule has 0 spiro atoms. The van der Waals surface area contributed by atoms with Gasteiger partial charge in [-0.2, -0.15) is 0 Å². The molecule has 6 nitrogen and oxygen atoms in total. The fourth-order valence-corrected chi connectivity index (χ4v) is 3.94. The Balaban J connectivity index is 2.03. The Bertz CT molecular complexity index is 1450. The average molecular weight is 358 g/mol. The van der Waals surface area contributed by atoms with Crippen molar-refractivity contribution in [3.8, 4) is 0 Å². The fraction of sp³-hybridized carbons (Fsp3) is 0.190. The summed E-state index contributed by atoms with van der Waals surface area (Å²) in [5.74, 6) is 0. The SMILES string of the molecule is CN(C)CCn1c(=O)c2cccc3c4c5cccnc5ccc4n(c1=O)c23. The number of para-hydroxylation sites is 1. The van der Waals surface area contributed by atoms with Gasteiger partial charge in [0.1, 0.15) is 0 Å². The average Bonchev–Trinajstić information content (AvgIpc) is 3.01. The van der Waals surface area contributed by atoms with Gasteiger partial charge in [-0.3, -0.25) is 18.7 Å². The third-order valence-corrected chi connectivity index (χ3v) is 5.20. The zero-order valence-corrected chi connectivity index (χ0v) is 15.1. The number of nitrogens with zero attached hydrogens (tertiary/aromatic N) is 4. The van der Waals surface area contributed by atoms with Gasteiger partial charge in [0.2, 0.25) is 0 Å². The summed E-state index contributed by atoms with van der Waals surface area (Å²) in [6.45, 7) is 0.976. The molecule has 6 heteroatoms. The quantitative estimate of drug-likeness (QED) is 0.497. The van der Waals surface area contributed by atoms with Crippen LogP contribution in [0.3, 0.4) is 0 Å². The first-order valence-corrected chi connectivity index (χ1v) is 8.90. The lowest BCUT2D eigenvalue weighted by molar-refractivity contribution is 0.376. The van der Waals surface area contributed by atoms with E-state index in [4.69, 9.17) is 0 Å². The van der Waals surface area contributed by atoms with Gasteiger partial charge in [-0.15, -0.1) is 0 Å². The summed E-state index contributed by atoms with van der Waals surface area (Å²) in [6, 6.07) is 13.4. The lowest BCUT2D eigenvalue weighted by Gasteiger charge is -2.12. The Labute approximate surface area is 154 Å². The molecule has 3 aromatic heterocycles. The van der Waals surface area contributed by atoms with Crippen molar-refractivity contribution in [2.75, 3.05) is 20.6 Å². The van der Waals surface area contributed by atoms with Gasteiger partial charge in [0.15, 0.2) is 0 Å². The van der Waals surface area contributed by atoms with Gasteiger partial charge in [0.05, 0.1) is 21.9 Å². The topological polar surface area (TPSA) is 59.6 Å². The standard InChI is InChI=1S/C21H18N4O2/c1-23(2)11-12-24-20(26)15-6-3-5-14-18-13-7-4-10-22-16(13)8-9-17(18)25(19(14)15)21(24)27/h3-10H,11-12H2,1-2H3. The summed E-state index contributed by atoms with van der Waals surface area (Å²) in [7, 11) is 3.85. The van der Waals surface area contributed by atoms with Crippen molar-refractivity contribution in [3.05, 3.63) is 69.5 Å². The first kappa shape index (κ1) is 16.0. The predicted molar refractivity (Wildman–Crippen MR) is 108 cm³/mol. The van der Waals surface area contributed by atoms with Crippen molar-refractivity contribution >= 4 is 38.1 Å². The summed E-state index contributed by atoms with van der Waals surface area (Å²) in [6.07, 6.45) is 1.76. The Morgan fingerprint density at radius 3 is 2.56 bits per heavy atom. The lowest BCUT2D eigenvalue weighted by atomic mass is 10.1. The molecule has 0 radical (unpaired) electrons. The van der Waals surface area contributed by atoms with Crippen molar-refractivity contribution in [2.45, 2.75) is 6.54 Å². The van der Waals surface area contributed by atoms with E-state index in [1.54, 1.807) is 16.7 Å². The van der Waals surface area contributed by atoms with Crippen LogP contribution in [0.15, 0.2) is 58.3 Å². The number of aromatic nitrogens is 3. The van der Waals surface area contributed by atoms with Crippen LogP contribution in [0.4, 0.5) is 0 Å². The number of hydrogen-bond acceptors (Lipinski definition) is 4. The molecule has 5 rings (SSSR count). The molecule has 2 aromatic carbocycles. The summed E-state index contributed by atoms with van der Waals surface area (Å²) in [5.41, 5.74) is 1.86. The molecule has 0 saturated carbocycles. The number of rotatable bonds is 3. The maximum atomic E-state index is 13.3. The highest BCUT2D eigenvalue weighted by atomic mass is 16.2. The van der Waals surface area contributed by atoms with E-state index in [9.17, 15) is 9.59 Å². The van der Waals surface area contributed by atoms with Crippen molar-refractivity contribution in [1.29, 1.82) is 0 Å². The molecule has 0 aliphatic carbocycles. The molecule has 0 bridgehead atoms. The van der Waals surface area contributed by atoms with Crippen molar-refractivity contribution in [2.24, 2.45) is 0 Å². The minimum Gasteiger partial charge on any atom is -0.308 e. The number of likely N-dealkylation sites (N-methyl/N-ethyl adjacent to an activating group) is 1. The Hall–Kier alpha value is -3.25. The van der Waals surface area contributed by atoms with Gasteiger partial charge < -0.3 is 4.90 Å². The molecule has 134 valence electrons. The van der Waals surface area contributed by atoms with Crippen LogP contribution < -0.4 is 11.2 Å². The third-order valence-electron chi connectivity index (χ3n) is 5.20. The molecule has 0 fully saturated rings. The van der Waals surface area contributed by atoms with Crippen LogP contribution in [0.25, 0.3) is 38.1 Å². The zero-order chi connectivity index (χ0) is 18.7. The Morgan fingerprint density at radius 1 is 0.963 bits per heavy atom. The molecule has 0 aliphatic rings. The van der Waals surface area contributed by atoms with E-state index < -0.39 is 0 Å². The Kier molecular flexibility index (Phi) is 3.32. The van der Waals surface area contributed by atoms with Gasteiger partial charge in [-0.05, 0) is 38.4 Å². The molecule has 0 unspecified atom stereocenters. The maximum absolute atomic E-state index is 13.3. The van der Waals surface area contributed by atoms with Gasteiger partial charge >= 0.3 is 5.69 Å². The largest absolute Gasteiger partial charge is 0.336 e. The smallest absolute Gasteiger partial charge is 0.308 e. The highest BCUT2D eigenvalue weighted by Crippen LogP contribution is 2.34. The minimum absolute atomic E-state index is 0.231. The molecular formula is C21H18N4O2. The third kappa shape index (κ3) is 2.13. The molecule has 3 heterocycles. The van der Waals surface area contributed by atoms with Crippen molar-refractivity contribution in [3.63, 3.8) is 0 Å². The molecule has 27 heavy (non-hydrogen) atoms. The highest BCUT2D eigenvalue weighted by Gasteiger charge is 2.19. The second-order valence-electron chi connectivity index (χ2n) is 7.11. The van der Waals surface area contributed by atoms with Crippen LogP contribution >= 0.6 is 0 Å². The molecule has 0 atom stereocenters. The van der Waals surface area contributed by atoms with Gasteiger partial charge in [0, 0.05) is 35.4 Å². The van der Waals surface area contributed by atoms with Crippen LogP contribution in [-0.2, 0) is 6.54 Å². The zero-order valence-electron chi connectivity index (χ0n) is 15.1. The molecule has 0 saturated heterocycles. The van der Waals surface area contributed by atoms with Gasteiger partial charge in [-0.1, -0.05) is 18.2 Å². The van der Waals surface area contributed by atoms with Crippen LogP contribution in [-0.4, -0.2) is 39.5 Å². The van der Waals surface area contributed by atoms with E-state index in [0.717, 1.165) is 27.2 Å².